The minimum absolute atomic E-state index is 0.121. The second kappa shape index (κ2) is 4.60. The van der Waals surface area contributed by atoms with Gasteiger partial charge in [-0.3, -0.25) is 0 Å². The van der Waals surface area contributed by atoms with Gasteiger partial charge >= 0.3 is 5.97 Å². The van der Waals surface area contributed by atoms with Crippen molar-refractivity contribution in [3.63, 3.8) is 0 Å². The minimum Gasteiger partial charge on any atom is -0.449 e. The van der Waals surface area contributed by atoms with Crippen molar-refractivity contribution in [2.45, 2.75) is 69.9 Å². The maximum absolute atomic E-state index is 11.8. The highest BCUT2D eigenvalue weighted by molar-refractivity contribution is 5.86. The molecule has 1 spiro atoms. The van der Waals surface area contributed by atoms with E-state index in [-0.39, 0.29) is 11.6 Å². The number of carbonyl (C=O) groups excluding carboxylic acids is 1. The fourth-order valence-electron chi connectivity index (χ4n) is 3.80. The number of esters is 1. The van der Waals surface area contributed by atoms with Gasteiger partial charge in [0.15, 0.2) is 5.60 Å². The van der Waals surface area contributed by atoms with E-state index in [0.29, 0.717) is 6.04 Å². The molecule has 2 heterocycles. The van der Waals surface area contributed by atoms with E-state index in [0.717, 1.165) is 19.4 Å². The van der Waals surface area contributed by atoms with Gasteiger partial charge in [0.25, 0.3) is 0 Å². The van der Waals surface area contributed by atoms with E-state index in [9.17, 15) is 4.79 Å². The third-order valence-corrected chi connectivity index (χ3v) is 4.79. The Morgan fingerprint density at radius 1 is 1.22 bits per heavy atom. The number of rotatable bonds is 1. The molecule has 1 aliphatic carbocycles. The average Bonchev–Trinajstić information content (AvgIpc) is 2.67. The van der Waals surface area contributed by atoms with Crippen molar-refractivity contribution in [2.75, 3.05) is 6.54 Å². The first-order chi connectivity index (χ1) is 8.71. The first-order valence-corrected chi connectivity index (χ1v) is 7.43. The summed E-state index contributed by atoms with van der Waals surface area (Å²) in [7, 11) is 0. The van der Waals surface area contributed by atoms with Crippen LogP contribution in [0.4, 0.5) is 0 Å². The maximum Gasteiger partial charge on any atom is 0.333 e. The molecule has 0 amide bonds. The summed E-state index contributed by atoms with van der Waals surface area (Å²) in [5.74, 6) is -0.121. The highest BCUT2D eigenvalue weighted by Crippen LogP contribution is 2.44. The van der Waals surface area contributed by atoms with Gasteiger partial charge in [-0.25, -0.2) is 4.79 Å². The molecule has 1 saturated carbocycles. The van der Waals surface area contributed by atoms with E-state index in [1.165, 1.54) is 44.2 Å². The van der Waals surface area contributed by atoms with Crippen LogP contribution in [-0.4, -0.2) is 29.1 Å². The van der Waals surface area contributed by atoms with Gasteiger partial charge in [0.1, 0.15) is 0 Å². The predicted octanol–water partition coefficient (Wildman–Crippen LogP) is 3.00. The van der Waals surface area contributed by atoms with Crippen molar-refractivity contribution in [1.29, 1.82) is 0 Å². The monoisotopic (exact) mass is 249 g/mol. The molecule has 2 aliphatic heterocycles. The molecule has 0 N–H and O–H groups in total. The van der Waals surface area contributed by atoms with Gasteiger partial charge in [0, 0.05) is 18.7 Å². The summed E-state index contributed by atoms with van der Waals surface area (Å²) in [5, 5.41) is 0. The summed E-state index contributed by atoms with van der Waals surface area (Å²) < 4.78 is 5.73. The van der Waals surface area contributed by atoms with Crippen LogP contribution in [0.2, 0.25) is 0 Å². The second-order valence-electron chi connectivity index (χ2n) is 6.04. The SMILES string of the molecule is CC1CCCCN1C1=CC(=O)OC12CCCCC2. The van der Waals surface area contributed by atoms with E-state index >= 15 is 0 Å². The molecule has 3 rings (SSSR count). The summed E-state index contributed by atoms with van der Waals surface area (Å²) in [6.07, 6.45) is 11.3. The summed E-state index contributed by atoms with van der Waals surface area (Å²) >= 11 is 0. The number of nitrogens with zero attached hydrogens (tertiary/aromatic N) is 1. The van der Waals surface area contributed by atoms with Gasteiger partial charge in [-0.05, 0) is 51.9 Å². The van der Waals surface area contributed by atoms with Gasteiger partial charge in [0.05, 0.1) is 5.70 Å². The van der Waals surface area contributed by atoms with Crippen LogP contribution in [0.25, 0.3) is 0 Å². The summed E-state index contributed by atoms with van der Waals surface area (Å²) in [4.78, 5) is 14.2. The van der Waals surface area contributed by atoms with Crippen LogP contribution >= 0.6 is 0 Å². The lowest BCUT2D eigenvalue weighted by Gasteiger charge is -2.44. The molecule has 0 aromatic heterocycles. The van der Waals surface area contributed by atoms with E-state index in [4.69, 9.17) is 4.74 Å². The topological polar surface area (TPSA) is 29.5 Å². The molecule has 0 aromatic rings. The fourth-order valence-corrected chi connectivity index (χ4v) is 3.80. The van der Waals surface area contributed by atoms with Crippen LogP contribution in [0.3, 0.4) is 0 Å². The van der Waals surface area contributed by atoms with E-state index < -0.39 is 0 Å². The third kappa shape index (κ3) is 1.94. The Morgan fingerprint density at radius 2 is 2.00 bits per heavy atom. The summed E-state index contributed by atoms with van der Waals surface area (Å²) in [5.41, 5.74) is 0.931. The van der Waals surface area contributed by atoms with Crippen molar-refractivity contribution in [3.8, 4) is 0 Å². The van der Waals surface area contributed by atoms with Crippen molar-refractivity contribution in [2.24, 2.45) is 0 Å². The molecule has 18 heavy (non-hydrogen) atoms. The van der Waals surface area contributed by atoms with Crippen LogP contribution in [0.1, 0.15) is 58.3 Å². The number of hydrogen-bond donors (Lipinski definition) is 0. The molecule has 1 unspecified atom stereocenters. The Hall–Kier alpha value is -0.990. The van der Waals surface area contributed by atoms with Crippen molar-refractivity contribution in [1.82, 2.24) is 4.90 Å². The van der Waals surface area contributed by atoms with Crippen molar-refractivity contribution >= 4 is 5.97 Å². The first-order valence-electron chi connectivity index (χ1n) is 7.43. The average molecular weight is 249 g/mol. The molecular weight excluding hydrogens is 226 g/mol. The number of hydrogen-bond acceptors (Lipinski definition) is 3. The van der Waals surface area contributed by atoms with E-state index in [1.54, 1.807) is 6.08 Å². The molecule has 0 radical (unpaired) electrons. The maximum atomic E-state index is 11.8. The number of likely N-dealkylation sites (tertiary alicyclic amines) is 1. The fraction of sp³-hybridized carbons (Fsp3) is 0.800. The Kier molecular flexibility index (Phi) is 3.08. The van der Waals surface area contributed by atoms with Crippen LogP contribution < -0.4 is 0 Å². The minimum atomic E-state index is -0.263. The zero-order valence-corrected chi connectivity index (χ0v) is 11.3. The van der Waals surface area contributed by atoms with Crippen LogP contribution in [0.5, 0.6) is 0 Å². The number of ether oxygens (including phenoxy) is 1. The largest absolute Gasteiger partial charge is 0.449 e. The van der Waals surface area contributed by atoms with Crippen molar-refractivity contribution in [3.05, 3.63) is 11.8 Å². The number of piperidine rings is 1. The molecule has 1 atom stereocenters. The van der Waals surface area contributed by atoms with Crippen LogP contribution in [-0.2, 0) is 9.53 Å². The van der Waals surface area contributed by atoms with Gasteiger partial charge < -0.3 is 9.64 Å². The molecule has 3 nitrogen and oxygen atoms in total. The summed E-state index contributed by atoms with van der Waals surface area (Å²) in [6.45, 7) is 3.37. The Bertz CT molecular complexity index is 369. The molecule has 100 valence electrons. The highest BCUT2D eigenvalue weighted by atomic mass is 16.6. The molecule has 3 heteroatoms. The van der Waals surface area contributed by atoms with Crippen LogP contribution in [0.15, 0.2) is 11.8 Å². The van der Waals surface area contributed by atoms with E-state index in [2.05, 4.69) is 11.8 Å². The second-order valence-corrected chi connectivity index (χ2v) is 6.04. The van der Waals surface area contributed by atoms with Crippen LogP contribution in [0, 0.1) is 0 Å². The lowest BCUT2D eigenvalue weighted by molar-refractivity contribution is -0.149. The standard InChI is InChI=1S/C15H23NO2/c1-12-7-3-6-10-16(12)13-11-14(17)18-15(13)8-4-2-5-9-15/h11-12H,2-10H2,1H3. The molecule has 0 aromatic carbocycles. The highest BCUT2D eigenvalue weighted by Gasteiger charge is 2.47. The summed E-state index contributed by atoms with van der Waals surface area (Å²) in [6, 6.07) is 0.554. The lowest BCUT2D eigenvalue weighted by Crippen LogP contribution is -2.46. The molecular formula is C15H23NO2. The number of carbonyl (C=O) groups is 1. The Balaban J connectivity index is 1.87. The Labute approximate surface area is 109 Å². The quantitative estimate of drug-likeness (QED) is 0.669. The molecule has 2 fully saturated rings. The van der Waals surface area contributed by atoms with Crippen molar-refractivity contribution < 1.29 is 9.53 Å². The molecule has 1 saturated heterocycles. The lowest BCUT2D eigenvalue weighted by atomic mass is 9.81. The van der Waals surface area contributed by atoms with Gasteiger partial charge in [-0.15, -0.1) is 0 Å². The van der Waals surface area contributed by atoms with Gasteiger partial charge in [0.2, 0.25) is 0 Å². The zero-order valence-electron chi connectivity index (χ0n) is 11.3. The van der Waals surface area contributed by atoms with E-state index in [1.807, 2.05) is 0 Å². The smallest absolute Gasteiger partial charge is 0.333 e. The van der Waals surface area contributed by atoms with Gasteiger partial charge in [-0.1, -0.05) is 6.42 Å². The van der Waals surface area contributed by atoms with Gasteiger partial charge in [-0.2, -0.15) is 0 Å². The predicted molar refractivity (Wildman–Crippen MR) is 70.0 cm³/mol. The molecule has 0 bridgehead atoms. The third-order valence-electron chi connectivity index (χ3n) is 4.79. The zero-order chi connectivity index (χ0) is 12.6. The normalized spacial score (nSPS) is 31.4. The molecule has 3 aliphatic rings. The Morgan fingerprint density at radius 3 is 2.72 bits per heavy atom. The first kappa shape index (κ1) is 12.1.